The summed E-state index contributed by atoms with van der Waals surface area (Å²) in [7, 11) is 16.0. The molecule has 45 heavy (non-hydrogen) atoms. The van der Waals surface area contributed by atoms with Crippen molar-refractivity contribution in [2.45, 2.75) is 59.4 Å². The summed E-state index contributed by atoms with van der Waals surface area (Å²) in [6.07, 6.45) is 0. The second-order valence-corrected chi connectivity index (χ2v) is 0. The Balaban J connectivity index is -0.0000000000227. The molecule has 23 N–H and O–H groups in total. The van der Waals surface area contributed by atoms with Crippen LogP contribution in [-0.4, -0.2) is 102 Å². The number of hydrogen-bond donors (Lipinski definition) is 0. The average Bonchev–Trinajstić information content (AvgIpc) is 1.50. The fourth-order valence-corrected chi connectivity index (χ4v) is 0. The zero-order chi connectivity index (χ0) is 4.00. The monoisotopic (exact) mass is 1230 g/mol. The van der Waals surface area contributed by atoms with Crippen LogP contribution in [0.3, 0.4) is 0 Å². The molecule has 0 spiro atoms. The van der Waals surface area contributed by atoms with Gasteiger partial charge in [0.1, 0.15) is 0 Å². The first kappa shape index (κ1) is 1280. The minimum atomic E-state index is 0. The maximum Gasteiger partial charge on any atom is 1.00 e. The Morgan fingerprint density at radius 2 is 0.222 bits per heavy atom. The van der Waals surface area contributed by atoms with Crippen LogP contribution in [-0.2, 0) is 202 Å². The summed E-state index contributed by atoms with van der Waals surface area (Å²) in [6.45, 7) is 0. The molecule has 0 atom stereocenters. The minimum absolute atomic E-state index is 0. The SMILES string of the molecule is C.C.C.C.C.C.C.C.O.O.O.O.O.O.O.O.O.O.[B][B].[B][B].[CH3-].[CH3-].[CH3-].[CH3-].[CH3-].[Co].[Co].[Co].[Mn].[Mn].[Mn].[Mn].[Mn].[Mn].[Na+].[Na+].[Na+].[Ni].[Ni].[Ni].[OH-].[OH-].[OH-]. The Bertz CT molecular complexity index is 113. The van der Waals surface area contributed by atoms with Crippen molar-refractivity contribution in [3.8, 4) is 0 Å². The van der Waals surface area contributed by atoms with Crippen LogP contribution in [0.4, 0.5) is 0 Å². The van der Waals surface area contributed by atoms with Crippen LogP contribution >= 0.6 is 0 Å². The standard InChI is InChI=1S/8CH4.5CH3.2B2.3Co.6Mn.3Na.3Ni.13H2O/c;;;;;;;;;;;;;2*1-2;;;;;;;;;;;;;;;;;;;;;;;;;;;;/h8*1H4;5*1H3;;;;;;;;;;;;;;;;;;13*1H2/q;;;;;;;;5*-1;;;;;;;;;;;;3*+1;;;;;;;;;;;;;;;;/p-3. The normalized spacial score (nSPS) is 0.178. The molecule has 13 nitrogen and oxygen atoms in total. The Labute approximate surface area is 481 Å². The van der Waals surface area contributed by atoms with Crippen molar-refractivity contribution in [3.63, 3.8) is 0 Å². The van der Waals surface area contributed by atoms with E-state index in [0.717, 1.165) is 0 Å². The predicted molar refractivity (Wildman–Crippen MR) is 151 cm³/mol. The van der Waals surface area contributed by atoms with Crippen molar-refractivity contribution < 1.29 is 362 Å². The second-order valence-electron chi connectivity index (χ2n) is 0. The molecule has 0 rings (SSSR count). The summed E-state index contributed by atoms with van der Waals surface area (Å²) in [6, 6.07) is 0. The smallest absolute Gasteiger partial charge is 0.870 e. The first-order valence-electron chi connectivity index (χ1n) is 0.667. The molecule has 0 aliphatic rings. The van der Waals surface area contributed by atoms with Crippen molar-refractivity contribution in [3.05, 3.63) is 37.1 Å². The van der Waals surface area contributed by atoms with Gasteiger partial charge in [-0.2, -0.15) is 0 Å². The zero-order valence-electron chi connectivity index (χ0n) is 20.9. The molecule has 0 saturated heterocycles. The maximum absolute atomic E-state index is 4.00. The third-order valence-corrected chi connectivity index (χ3v) is 0. The third kappa shape index (κ3) is 1740. The molecular weight excluding hydrogens is 1160 g/mol. The van der Waals surface area contributed by atoms with E-state index in [-0.39, 0.29) is 459 Å². The van der Waals surface area contributed by atoms with Gasteiger partial charge in [0.05, 0.1) is 0 Å². The topological polar surface area (TPSA) is 405 Å². The van der Waals surface area contributed by atoms with Crippen LogP contribution in [0.5, 0.6) is 0 Å². The summed E-state index contributed by atoms with van der Waals surface area (Å²) < 4.78 is 0. The van der Waals surface area contributed by atoms with Gasteiger partial charge in [0.25, 0.3) is 0 Å². The largest absolute Gasteiger partial charge is 1.00 e. The van der Waals surface area contributed by atoms with E-state index < -0.39 is 0 Å². The van der Waals surface area contributed by atoms with Crippen molar-refractivity contribution in [2.24, 2.45) is 0 Å². The number of hydrogen-bond acceptors (Lipinski definition) is 3. The predicted octanol–water partition coefficient (Wildman–Crippen LogP) is -12.0. The quantitative estimate of drug-likeness (QED) is 0.169. The van der Waals surface area contributed by atoms with E-state index in [2.05, 4.69) is 30.9 Å². The molecule has 17 radical (unpaired) electrons. The van der Waals surface area contributed by atoms with Crippen molar-refractivity contribution in [1.29, 1.82) is 0 Å². The maximum atomic E-state index is 4.00. The van der Waals surface area contributed by atoms with Crippen LogP contribution in [0.2, 0.25) is 0 Å². The Morgan fingerprint density at radius 3 is 0.222 bits per heavy atom. The molecule has 0 aliphatic carbocycles. The number of rotatable bonds is 0. The van der Waals surface area contributed by atoms with Gasteiger partial charge in [0, 0.05) is 233 Å². The molecule has 0 saturated carbocycles. The van der Waals surface area contributed by atoms with Gasteiger partial charge in [-0.05, 0) is 0 Å². The van der Waals surface area contributed by atoms with E-state index in [0.29, 0.717) is 0 Å². The minimum Gasteiger partial charge on any atom is -0.870 e. The second kappa shape index (κ2) is 1810. The van der Waals surface area contributed by atoms with E-state index >= 15 is 0 Å². The van der Waals surface area contributed by atoms with E-state index in [9.17, 15) is 0 Å². The molecule has 0 aromatic rings. The molecule has 0 heterocycles. The van der Waals surface area contributed by atoms with Crippen LogP contribution in [0.15, 0.2) is 0 Å². The van der Waals surface area contributed by atoms with E-state index in [4.69, 9.17) is 0 Å². The zero-order valence-corrected chi connectivity index (χ0v) is 40.0. The summed E-state index contributed by atoms with van der Waals surface area (Å²) in [4.78, 5) is 0. The van der Waals surface area contributed by atoms with E-state index in [1.807, 2.05) is 0 Å². The molecule has 0 aliphatic heterocycles. The molecule has 319 valence electrons. The van der Waals surface area contributed by atoms with Crippen LogP contribution < -0.4 is 88.7 Å². The Kier molecular flexibility index (Phi) is 51400. The Hall–Kier alpha value is 8.86. The first-order valence-corrected chi connectivity index (χ1v) is 0.667. The fourth-order valence-electron chi connectivity index (χ4n) is 0. The first-order chi connectivity index (χ1) is 2.00. The molecular formula is C13H70B4Co3Mn6Na3Ni3O13-5. The van der Waals surface area contributed by atoms with Crippen molar-refractivity contribution in [1.82, 2.24) is 0 Å². The van der Waals surface area contributed by atoms with E-state index in [1.54, 1.807) is 0 Å². The molecule has 0 amide bonds. The van der Waals surface area contributed by atoms with Gasteiger partial charge in [-0.15, -0.1) is 0 Å². The van der Waals surface area contributed by atoms with Crippen LogP contribution in [0.1, 0.15) is 59.4 Å². The van der Waals surface area contributed by atoms with E-state index in [1.165, 1.54) is 0 Å². The molecule has 32 heteroatoms. The average molecular weight is 1230 g/mol. The summed E-state index contributed by atoms with van der Waals surface area (Å²) in [5.41, 5.74) is 0. The Morgan fingerprint density at radius 1 is 0.222 bits per heavy atom. The molecule has 0 unspecified atom stereocenters. The van der Waals surface area contributed by atoms with Gasteiger partial charge in [0.15, 0.2) is 0 Å². The van der Waals surface area contributed by atoms with Gasteiger partial charge < -0.3 is 108 Å². The summed E-state index contributed by atoms with van der Waals surface area (Å²) in [5, 5.41) is 0. The molecule has 0 aromatic carbocycles. The molecule has 0 bridgehead atoms. The van der Waals surface area contributed by atoms with Crippen molar-refractivity contribution >= 4 is 30.9 Å². The van der Waals surface area contributed by atoms with Gasteiger partial charge >= 0.3 is 88.7 Å². The third-order valence-electron chi connectivity index (χ3n) is 0. The van der Waals surface area contributed by atoms with Gasteiger partial charge in [-0.1, -0.05) is 59.4 Å². The van der Waals surface area contributed by atoms with Crippen LogP contribution in [0, 0.1) is 37.1 Å². The summed E-state index contributed by atoms with van der Waals surface area (Å²) in [5.74, 6) is 0. The van der Waals surface area contributed by atoms with Gasteiger partial charge in [0.2, 0.25) is 0 Å². The molecule has 0 aromatic heterocycles. The molecule has 0 fully saturated rings. The fraction of sp³-hybridized carbons (Fsp3) is 0.615. The van der Waals surface area contributed by atoms with Gasteiger partial charge in [-0.3, -0.25) is 0 Å². The van der Waals surface area contributed by atoms with Crippen LogP contribution in [0.25, 0.3) is 0 Å². The van der Waals surface area contributed by atoms with Crippen molar-refractivity contribution in [2.75, 3.05) is 0 Å². The van der Waals surface area contributed by atoms with Gasteiger partial charge in [-0.25, -0.2) is 0 Å². The summed E-state index contributed by atoms with van der Waals surface area (Å²) >= 11 is 0.